The molecule has 1 aliphatic rings. The SMILES string of the molecule is COC(CNC(=O)C1NCCc2ccccc21)OC. The minimum atomic E-state index is -0.414. The first-order chi connectivity index (χ1) is 9.26. The minimum absolute atomic E-state index is 0.0498. The fourth-order valence-electron chi connectivity index (χ4n) is 2.29. The zero-order chi connectivity index (χ0) is 13.7. The number of fused-ring (bicyclic) bond motifs is 1. The van der Waals surface area contributed by atoms with Crippen molar-refractivity contribution in [2.45, 2.75) is 18.8 Å². The largest absolute Gasteiger partial charge is 0.354 e. The normalized spacial score (nSPS) is 18.2. The molecule has 1 heterocycles. The molecule has 0 saturated carbocycles. The van der Waals surface area contributed by atoms with Crippen molar-refractivity contribution in [3.63, 3.8) is 0 Å². The van der Waals surface area contributed by atoms with E-state index in [0.717, 1.165) is 18.5 Å². The lowest BCUT2D eigenvalue weighted by Crippen LogP contribution is -2.44. The number of carbonyl (C=O) groups is 1. The van der Waals surface area contributed by atoms with Gasteiger partial charge in [-0.25, -0.2) is 0 Å². The molecule has 0 spiro atoms. The van der Waals surface area contributed by atoms with Gasteiger partial charge in [0.05, 0.1) is 6.54 Å². The summed E-state index contributed by atoms with van der Waals surface area (Å²) in [4.78, 5) is 12.2. The van der Waals surface area contributed by atoms with Crippen molar-refractivity contribution in [2.75, 3.05) is 27.3 Å². The summed E-state index contributed by atoms with van der Waals surface area (Å²) in [5, 5.41) is 6.08. The Balaban J connectivity index is 2.01. The molecular weight excluding hydrogens is 244 g/mol. The summed E-state index contributed by atoms with van der Waals surface area (Å²) in [6.45, 7) is 1.15. The molecular formula is C14H20N2O3. The van der Waals surface area contributed by atoms with Crippen LogP contribution in [0.3, 0.4) is 0 Å². The third-order valence-corrected chi connectivity index (χ3v) is 3.34. The maximum atomic E-state index is 12.2. The monoisotopic (exact) mass is 264 g/mol. The van der Waals surface area contributed by atoms with Crippen LogP contribution in [-0.2, 0) is 20.7 Å². The predicted molar refractivity (Wildman–Crippen MR) is 71.7 cm³/mol. The lowest BCUT2D eigenvalue weighted by atomic mass is 9.94. The van der Waals surface area contributed by atoms with Crippen LogP contribution in [0.2, 0.25) is 0 Å². The van der Waals surface area contributed by atoms with E-state index in [1.165, 1.54) is 5.56 Å². The Labute approximate surface area is 113 Å². The van der Waals surface area contributed by atoms with Gasteiger partial charge >= 0.3 is 0 Å². The van der Waals surface area contributed by atoms with Gasteiger partial charge in [0.25, 0.3) is 0 Å². The van der Waals surface area contributed by atoms with Gasteiger partial charge in [-0.2, -0.15) is 0 Å². The first kappa shape index (κ1) is 14.0. The Morgan fingerprint density at radius 1 is 1.42 bits per heavy atom. The van der Waals surface area contributed by atoms with Crippen LogP contribution in [0.5, 0.6) is 0 Å². The number of hydrogen-bond acceptors (Lipinski definition) is 4. The molecule has 1 amide bonds. The van der Waals surface area contributed by atoms with Crippen LogP contribution < -0.4 is 10.6 Å². The highest BCUT2D eigenvalue weighted by atomic mass is 16.7. The van der Waals surface area contributed by atoms with Gasteiger partial charge in [-0.3, -0.25) is 4.79 Å². The van der Waals surface area contributed by atoms with Crippen molar-refractivity contribution in [2.24, 2.45) is 0 Å². The summed E-state index contributed by atoms with van der Waals surface area (Å²) >= 11 is 0. The van der Waals surface area contributed by atoms with Crippen molar-refractivity contribution in [3.05, 3.63) is 35.4 Å². The Morgan fingerprint density at radius 3 is 2.89 bits per heavy atom. The molecule has 0 aliphatic carbocycles. The van der Waals surface area contributed by atoms with E-state index in [1.54, 1.807) is 14.2 Å². The third kappa shape index (κ3) is 3.32. The van der Waals surface area contributed by atoms with Crippen molar-refractivity contribution < 1.29 is 14.3 Å². The second kappa shape index (κ2) is 6.65. The average Bonchev–Trinajstić information content (AvgIpc) is 2.47. The van der Waals surface area contributed by atoms with Crippen LogP contribution in [0, 0.1) is 0 Å². The van der Waals surface area contributed by atoms with Crippen LogP contribution in [0.1, 0.15) is 17.2 Å². The van der Waals surface area contributed by atoms with E-state index in [4.69, 9.17) is 9.47 Å². The zero-order valence-corrected chi connectivity index (χ0v) is 11.3. The molecule has 2 rings (SSSR count). The van der Waals surface area contributed by atoms with Crippen molar-refractivity contribution in [3.8, 4) is 0 Å². The Bertz CT molecular complexity index is 432. The molecule has 0 aromatic heterocycles. The fraction of sp³-hybridized carbons (Fsp3) is 0.500. The fourth-order valence-corrected chi connectivity index (χ4v) is 2.29. The third-order valence-electron chi connectivity index (χ3n) is 3.34. The molecule has 19 heavy (non-hydrogen) atoms. The quantitative estimate of drug-likeness (QED) is 0.765. The highest BCUT2D eigenvalue weighted by molar-refractivity contribution is 5.83. The molecule has 1 atom stereocenters. The summed E-state index contributed by atoms with van der Waals surface area (Å²) in [5.41, 5.74) is 2.29. The number of nitrogens with one attached hydrogen (secondary N) is 2. The zero-order valence-electron chi connectivity index (χ0n) is 11.3. The smallest absolute Gasteiger partial charge is 0.241 e. The van der Waals surface area contributed by atoms with Gasteiger partial charge < -0.3 is 20.1 Å². The van der Waals surface area contributed by atoms with E-state index in [1.807, 2.05) is 18.2 Å². The van der Waals surface area contributed by atoms with Crippen molar-refractivity contribution >= 4 is 5.91 Å². The van der Waals surface area contributed by atoms with Crippen molar-refractivity contribution in [1.29, 1.82) is 0 Å². The maximum absolute atomic E-state index is 12.2. The van der Waals surface area contributed by atoms with E-state index in [-0.39, 0.29) is 11.9 Å². The molecule has 0 fully saturated rings. The van der Waals surface area contributed by atoms with E-state index in [9.17, 15) is 4.79 Å². The first-order valence-electron chi connectivity index (χ1n) is 6.40. The number of carbonyl (C=O) groups excluding carboxylic acids is 1. The van der Waals surface area contributed by atoms with Gasteiger partial charge in [-0.05, 0) is 17.5 Å². The molecule has 1 unspecified atom stereocenters. The Kier molecular flexibility index (Phi) is 4.90. The second-order valence-corrected chi connectivity index (χ2v) is 4.48. The maximum Gasteiger partial charge on any atom is 0.241 e. The van der Waals surface area contributed by atoms with E-state index < -0.39 is 6.29 Å². The summed E-state index contributed by atoms with van der Waals surface area (Å²) in [7, 11) is 3.10. The van der Waals surface area contributed by atoms with Gasteiger partial charge in [0.2, 0.25) is 5.91 Å². The minimum Gasteiger partial charge on any atom is -0.354 e. The van der Waals surface area contributed by atoms with E-state index in [0.29, 0.717) is 6.54 Å². The number of amides is 1. The van der Waals surface area contributed by atoms with Crippen LogP contribution in [0.15, 0.2) is 24.3 Å². The van der Waals surface area contributed by atoms with Crippen LogP contribution in [0.4, 0.5) is 0 Å². The van der Waals surface area contributed by atoms with Crippen LogP contribution >= 0.6 is 0 Å². The molecule has 0 saturated heterocycles. The van der Waals surface area contributed by atoms with Gasteiger partial charge in [0.15, 0.2) is 6.29 Å². The molecule has 1 aromatic rings. The predicted octanol–water partition coefficient (Wildman–Crippen LogP) is 0.609. The number of methoxy groups -OCH3 is 2. The lowest BCUT2D eigenvalue weighted by molar-refractivity contribution is -0.129. The van der Waals surface area contributed by atoms with Gasteiger partial charge in [-0.15, -0.1) is 0 Å². The Morgan fingerprint density at radius 2 is 2.16 bits per heavy atom. The van der Waals surface area contributed by atoms with Gasteiger partial charge in [0.1, 0.15) is 6.04 Å². The molecule has 0 bridgehead atoms. The number of rotatable bonds is 5. The average molecular weight is 264 g/mol. The Hall–Kier alpha value is -1.43. The number of hydrogen-bond donors (Lipinski definition) is 2. The topological polar surface area (TPSA) is 59.6 Å². The summed E-state index contributed by atoms with van der Waals surface area (Å²) < 4.78 is 10.1. The van der Waals surface area contributed by atoms with Gasteiger partial charge in [0, 0.05) is 20.8 Å². The van der Waals surface area contributed by atoms with Crippen molar-refractivity contribution in [1.82, 2.24) is 10.6 Å². The molecule has 5 heteroatoms. The molecule has 1 aliphatic heterocycles. The molecule has 1 aromatic carbocycles. The number of ether oxygens (including phenoxy) is 2. The highest BCUT2D eigenvalue weighted by Gasteiger charge is 2.25. The lowest BCUT2D eigenvalue weighted by Gasteiger charge is -2.26. The van der Waals surface area contributed by atoms with Gasteiger partial charge in [-0.1, -0.05) is 24.3 Å². The summed E-state index contributed by atoms with van der Waals surface area (Å²) in [5.74, 6) is -0.0498. The molecule has 2 N–H and O–H groups in total. The first-order valence-corrected chi connectivity index (χ1v) is 6.40. The summed E-state index contributed by atoms with van der Waals surface area (Å²) in [6.07, 6.45) is 0.543. The summed E-state index contributed by atoms with van der Waals surface area (Å²) in [6, 6.07) is 7.74. The van der Waals surface area contributed by atoms with E-state index >= 15 is 0 Å². The highest BCUT2D eigenvalue weighted by Crippen LogP contribution is 2.22. The van der Waals surface area contributed by atoms with E-state index in [2.05, 4.69) is 16.7 Å². The molecule has 5 nitrogen and oxygen atoms in total. The molecule has 104 valence electrons. The number of benzene rings is 1. The van der Waals surface area contributed by atoms with Crippen LogP contribution in [0.25, 0.3) is 0 Å². The molecule has 0 radical (unpaired) electrons. The van der Waals surface area contributed by atoms with Crippen LogP contribution in [-0.4, -0.2) is 39.5 Å². The second-order valence-electron chi connectivity index (χ2n) is 4.48. The standard InChI is InChI=1S/C14H20N2O3/c1-18-12(19-2)9-16-14(17)13-11-6-4-3-5-10(11)7-8-15-13/h3-6,12-13,15H,7-9H2,1-2H3,(H,16,17).